The topological polar surface area (TPSA) is 38.8 Å². The summed E-state index contributed by atoms with van der Waals surface area (Å²) in [6.45, 7) is 5.30. The molecule has 1 fully saturated rings. The monoisotopic (exact) mass is 444 g/mol. The number of amides is 1. The van der Waals surface area contributed by atoms with Crippen LogP contribution in [-0.4, -0.2) is 69.1 Å². The number of nitrogens with zero attached hydrogens (tertiary/aromatic N) is 3. The molecule has 0 radical (unpaired) electrons. The molecule has 1 amide bonds. The average Bonchev–Trinajstić information content (AvgIpc) is 2.75. The van der Waals surface area contributed by atoms with E-state index >= 15 is 0 Å². The summed E-state index contributed by atoms with van der Waals surface area (Å²) in [5.41, 5.74) is 3.75. The molecule has 0 bridgehead atoms. The summed E-state index contributed by atoms with van der Waals surface area (Å²) in [6.07, 6.45) is 2.22. The molecule has 7 heteroatoms. The standard InChI is InChI=1S/C24H30ClFN4O/c1-28-11-13-30(14-12-28)22(16-27-24(31)23-19(25)6-3-7-20(23)26)18-8-9-21-17(15-18)5-4-10-29(21)2/h3,6-9,15,22H,4-5,10-14,16H2,1-2H3,(H,27,31). The van der Waals surface area contributed by atoms with Gasteiger partial charge in [0.05, 0.1) is 16.6 Å². The van der Waals surface area contributed by atoms with Crippen molar-refractivity contribution >= 4 is 23.2 Å². The number of hydrogen-bond acceptors (Lipinski definition) is 4. The van der Waals surface area contributed by atoms with Crippen molar-refractivity contribution in [3.05, 3.63) is 63.9 Å². The molecule has 2 aliphatic heterocycles. The fraction of sp³-hybridized carbons (Fsp3) is 0.458. The maximum atomic E-state index is 14.2. The minimum Gasteiger partial charge on any atom is -0.374 e. The third-order valence-corrected chi connectivity index (χ3v) is 6.78. The summed E-state index contributed by atoms with van der Waals surface area (Å²) < 4.78 is 14.2. The summed E-state index contributed by atoms with van der Waals surface area (Å²) in [5.74, 6) is -1.07. The number of carbonyl (C=O) groups is 1. The maximum absolute atomic E-state index is 14.2. The van der Waals surface area contributed by atoms with Gasteiger partial charge in [-0.05, 0) is 49.2 Å². The Morgan fingerprint density at radius 3 is 2.65 bits per heavy atom. The number of piperazine rings is 1. The molecule has 5 nitrogen and oxygen atoms in total. The lowest BCUT2D eigenvalue weighted by molar-refractivity contribution is 0.0883. The minimum absolute atomic E-state index is 0.0285. The number of carbonyl (C=O) groups excluding carboxylic acids is 1. The Balaban J connectivity index is 1.57. The predicted molar refractivity (Wildman–Crippen MR) is 124 cm³/mol. The van der Waals surface area contributed by atoms with Crippen LogP contribution >= 0.6 is 11.6 Å². The third kappa shape index (κ3) is 4.86. The van der Waals surface area contributed by atoms with Crippen LogP contribution < -0.4 is 10.2 Å². The molecule has 2 aromatic rings. The molecular formula is C24H30ClFN4O. The molecule has 1 saturated heterocycles. The molecule has 2 heterocycles. The van der Waals surface area contributed by atoms with Crippen molar-refractivity contribution in [1.29, 1.82) is 0 Å². The van der Waals surface area contributed by atoms with Crippen molar-refractivity contribution in [2.24, 2.45) is 0 Å². The lowest BCUT2D eigenvalue weighted by atomic mass is 9.95. The van der Waals surface area contributed by atoms with Gasteiger partial charge in [-0.25, -0.2) is 4.39 Å². The van der Waals surface area contributed by atoms with Gasteiger partial charge in [0.25, 0.3) is 5.91 Å². The number of hydrogen-bond donors (Lipinski definition) is 1. The Labute approximate surface area is 188 Å². The first-order chi connectivity index (χ1) is 14.9. The molecule has 0 spiro atoms. The number of nitrogens with one attached hydrogen (secondary N) is 1. The van der Waals surface area contributed by atoms with Crippen molar-refractivity contribution in [2.45, 2.75) is 18.9 Å². The van der Waals surface area contributed by atoms with E-state index in [2.05, 4.69) is 52.3 Å². The van der Waals surface area contributed by atoms with Gasteiger partial charge in [0.15, 0.2) is 0 Å². The van der Waals surface area contributed by atoms with Crippen LogP contribution in [0.4, 0.5) is 10.1 Å². The van der Waals surface area contributed by atoms with Crippen molar-refractivity contribution in [3.63, 3.8) is 0 Å². The van der Waals surface area contributed by atoms with E-state index in [1.54, 1.807) is 0 Å². The quantitative estimate of drug-likeness (QED) is 0.765. The van der Waals surface area contributed by atoms with Gasteiger partial charge in [0.2, 0.25) is 0 Å². The zero-order valence-corrected chi connectivity index (χ0v) is 19.0. The van der Waals surface area contributed by atoms with E-state index < -0.39 is 11.7 Å². The van der Waals surface area contributed by atoms with Crippen LogP contribution in [0, 0.1) is 5.82 Å². The van der Waals surface area contributed by atoms with Gasteiger partial charge < -0.3 is 15.1 Å². The summed E-state index contributed by atoms with van der Waals surface area (Å²) in [6, 6.07) is 11.0. The zero-order chi connectivity index (χ0) is 22.0. The van der Waals surface area contributed by atoms with Crippen LogP contribution in [0.3, 0.4) is 0 Å². The van der Waals surface area contributed by atoms with Gasteiger partial charge in [-0.1, -0.05) is 29.8 Å². The van der Waals surface area contributed by atoms with Crippen LogP contribution in [-0.2, 0) is 6.42 Å². The van der Waals surface area contributed by atoms with E-state index in [-0.39, 0.29) is 16.6 Å². The van der Waals surface area contributed by atoms with Gasteiger partial charge in [-0.15, -0.1) is 0 Å². The maximum Gasteiger partial charge on any atom is 0.255 e. The van der Waals surface area contributed by atoms with Gasteiger partial charge in [0.1, 0.15) is 5.82 Å². The molecule has 1 N–H and O–H groups in total. The highest BCUT2D eigenvalue weighted by Gasteiger charge is 2.27. The molecule has 1 unspecified atom stereocenters. The molecular weight excluding hydrogens is 415 g/mol. The molecule has 31 heavy (non-hydrogen) atoms. The highest BCUT2D eigenvalue weighted by atomic mass is 35.5. The summed E-state index contributed by atoms with van der Waals surface area (Å²) >= 11 is 6.09. The Hall–Kier alpha value is -2.15. The Kier molecular flexibility index (Phi) is 6.80. The lowest BCUT2D eigenvalue weighted by Gasteiger charge is -2.39. The third-order valence-electron chi connectivity index (χ3n) is 6.46. The summed E-state index contributed by atoms with van der Waals surface area (Å²) in [5, 5.41) is 3.08. The highest BCUT2D eigenvalue weighted by Crippen LogP contribution is 2.31. The Morgan fingerprint density at radius 1 is 1.13 bits per heavy atom. The summed E-state index contributed by atoms with van der Waals surface area (Å²) in [4.78, 5) is 19.8. The normalized spacial score (nSPS) is 18.5. The second-order valence-electron chi connectivity index (χ2n) is 8.57. The first-order valence-electron chi connectivity index (χ1n) is 10.9. The second-order valence-corrected chi connectivity index (χ2v) is 8.98. The Bertz CT molecular complexity index is 925. The fourth-order valence-corrected chi connectivity index (χ4v) is 4.85. The van der Waals surface area contributed by atoms with E-state index in [9.17, 15) is 9.18 Å². The number of fused-ring (bicyclic) bond motifs is 1. The molecule has 166 valence electrons. The van der Waals surface area contributed by atoms with Crippen LogP contribution in [0.1, 0.15) is 33.9 Å². The number of halogens is 2. The van der Waals surface area contributed by atoms with Crippen molar-refractivity contribution < 1.29 is 9.18 Å². The minimum atomic E-state index is -0.599. The lowest BCUT2D eigenvalue weighted by Crippen LogP contribution is -2.48. The van der Waals surface area contributed by atoms with Gasteiger partial charge in [-0.3, -0.25) is 9.69 Å². The molecule has 4 rings (SSSR count). The van der Waals surface area contributed by atoms with E-state index in [0.717, 1.165) is 45.6 Å². The molecule has 2 aromatic carbocycles. The molecule has 2 aliphatic rings. The van der Waals surface area contributed by atoms with Crippen molar-refractivity contribution in [2.75, 3.05) is 58.3 Å². The molecule has 0 aromatic heterocycles. The smallest absolute Gasteiger partial charge is 0.255 e. The largest absolute Gasteiger partial charge is 0.374 e. The predicted octanol–water partition coefficient (Wildman–Crippen LogP) is 3.58. The molecule has 0 aliphatic carbocycles. The highest BCUT2D eigenvalue weighted by molar-refractivity contribution is 6.33. The first-order valence-corrected chi connectivity index (χ1v) is 11.3. The summed E-state index contributed by atoms with van der Waals surface area (Å²) in [7, 11) is 4.26. The number of likely N-dealkylation sites (N-methyl/N-ethyl adjacent to an activating group) is 1. The zero-order valence-electron chi connectivity index (χ0n) is 18.2. The van der Waals surface area contributed by atoms with Crippen molar-refractivity contribution in [3.8, 4) is 0 Å². The second kappa shape index (κ2) is 9.55. The number of aryl methyl sites for hydroxylation is 1. The molecule has 0 saturated carbocycles. The number of anilines is 1. The first kappa shape index (κ1) is 22.1. The van der Waals surface area contributed by atoms with Gasteiger partial charge >= 0.3 is 0 Å². The number of benzene rings is 2. The van der Waals surface area contributed by atoms with Crippen LogP contribution in [0.25, 0.3) is 0 Å². The van der Waals surface area contributed by atoms with Crippen LogP contribution in [0.2, 0.25) is 5.02 Å². The van der Waals surface area contributed by atoms with E-state index in [1.807, 2.05) is 0 Å². The molecule has 1 atom stereocenters. The van der Waals surface area contributed by atoms with E-state index in [1.165, 1.54) is 35.0 Å². The van der Waals surface area contributed by atoms with Gasteiger partial charge in [0, 0.05) is 52.0 Å². The van der Waals surface area contributed by atoms with Crippen LogP contribution in [0.15, 0.2) is 36.4 Å². The Morgan fingerprint density at radius 2 is 1.90 bits per heavy atom. The SMILES string of the molecule is CN1CCN(C(CNC(=O)c2c(F)cccc2Cl)c2ccc3c(c2)CCCN3C)CC1. The van der Waals surface area contributed by atoms with E-state index in [0.29, 0.717) is 6.54 Å². The van der Waals surface area contributed by atoms with Gasteiger partial charge in [-0.2, -0.15) is 0 Å². The van der Waals surface area contributed by atoms with Crippen LogP contribution in [0.5, 0.6) is 0 Å². The number of rotatable bonds is 5. The van der Waals surface area contributed by atoms with E-state index in [4.69, 9.17) is 11.6 Å². The average molecular weight is 445 g/mol. The fourth-order valence-electron chi connectivity index (χ4n) is 4.60. The van der Waals surface area contributed by atoms with Crippen molar-refractivity contribution in [1.82, 2.24) is 15.1 Å².